The van der Waals surface area contributed by atoms with Gasteiger partial charge in [0.05, 0.1) is 16.9 Å². The largest absolute Gasteiger partial charge is 0.454 e. The van der Waals surface area contributed by atoms with E-state index in [1.807, 2.05) is 0 Å². The normalized spacial score (nSPS) is 13.8. The van der Waals surface area contributed by atoms with Crippen LogP contribution in [0.3, 0.4) is 0 Å². The summed E-state index contributed by atoms with van der Waals surface area (Å²) in [6.45, 7) is 2.16. The molecule has 1 atom stereocenters. The molecule has 2 aromatic rings. The number of carbonyl (C=O) groups excluding carboxylic acids is 2. The maximum atomic E-state index is 13.6. The van der Waals surface area contributed by atoms with Gasteiger partial charge in [0.15, 0.2) is 11.5 Å². The predicted molar refractivity (Wildman–Crippen MR) is 110 cm³/mol. The number of benzene rings is 2. The van der Waals surface area contributed by atoms with Gasteiger partial charge in [0.2, 0.25) is 12.6 Å². The molecule has 3 rings (SSSR count). The maximum Gasteiger partial charge on any atom is 0.288 e. The number of ether oxygens (including phenoxy) is 2. The zero-order chi connectivity index (χ0) is 21.7. The summed E-state index contributed by atoms with van der Waals surface area (Å²) in [4.78, 5) is 29.1. The molecule has 0 spiro atoms. The van der Waals surface area contributed by atoms with Crippen molar-refractivity contribution in [1.82, 2.24) is 5.32 Å². The van der Waals surface area contributed by atoms with E-state index in [9.17, 15) is 14.0 Å². The van der Waals surface area contributed by atoms with Gasteiger partial charge in [0, 0.05) is 13.0 Å². The Labute approximate surface area is 178 Å². The van der Waals surface area contributed by atoms with Crippen LogP contribution >= 0.6 is 11.6 Å². The quantitative estimate of drug-likeness (QED) is 0.378. The monoisotopic (exact) mass is 433 g/mol. The molecule has 1 heterocycles. The number of amidine groups is 1. The van der Waals surface area contributed by atoms with Crippen molar-refractivity contribution in [3.63, 3.8) is 0 Å². The lowest BCUT2D eigenvalue weighted by Crippen LogP contribution is -2.35. The second-order valence-corrected chi connectivity index (χ2v) is 7.21. The molecule has 0 aliphatic carbocycles. The number of aliphatic imine (C=N–C) groups is 1. The standard InChI is InChI=1S/C21H21ClFN3O4/c1-12(24)25-7-6-17(14-3-5-19-20(10-14)30-11-29-19)26-21(28)18(27)9-13-2-4-15(22)16(23)8-13/h2-5,8,10,17H,6-7,9,11H2,1H3,(H2,24,25)(H,26,28). The van der Waals surface area contributed by atoms with Gasteiger partial charge in [-0.05, 0) is 48.7 Å². The number of amides is 1. The average molecular weight is 434 g/mol. The summed E-state index contributed by atoms with van der Waals surface area (Å²) < 4.78 is 24.3. The number of carbonyl (C=O) groups is 2. The van der Waals surface area contributed by atoms with Crippen LogP contribution in [-0.4, -0.2) is 30.9 Å². The fraction of sp³-hybridized carbons (Fsp3) is 0.286. The number of hydrogen-bond acceptors (Lipinski definition) is 5. The van der Waals surface area contributed by atoms with Crippen molar-refractivity contribution >= 4 is 29.1 Å². The molecule has 158 valence electrons. The number of nitrogens with two attached hydrogens (primary N) is 1. The predicted octanol–water partition coefficient (Wildman–Crippen LogP) is 2.94. The van der Waals surface area contributed by atoms with E-state index in [1.165, 1.54) is 12.1 Å². The number of rotatable bonds is 8. The summed E-state index contributed by atoms with van der Waals surface area (Å²) >= 11 is 5.65. The summed E-state index contributed by atoms with van der Waals surface area (Å²) in [6, 6.07) is 8.78. The van der Waals surface area contributed by atoms with Crippen LogP contribution in [0.4, 0.5) is 4.39 Å². The Bertz CT molecular complexity index is 992. The SMILES string of the molecule is CC(N)=NCCC(NC(=O)C(=O)Cc1ccc(Cl)c(F)c1)c1ccc2c(c1)OCO2. The van der Waals surface area contributed by atoms with Crippen molar-refractivity contribution < 1.29 is 23.5 Å². The number of nitrogens with zero attached hydrogens (tertiary/aromatic N) is 1. The van der Waals surface area contributed by atoms with Crippen LogP contribution in [0.25, 0.3) is 0 Å². The Kier molecular flexibility index (Phi) is 6.89. The molecule has 1 amide bonds. The van der Waals surface area contributed by atoms with Gasteiger partial charge < -0.3 is 20.5 Å². The van der Waals surface area contributed by atoms with Crippen molar-refractivity contribution in [2.75, 3.05) is 13.3 Å². The number of nitrogens with one attached hydrogen (secondary N) is 1. The van der Waals surface area contributed by atoms with Gasteiger partial charge in [-0.2, -0.15) is 0 Å². The molecule has 1 unspecified atom stereocenters. The lowest BCUT2D eigenvalue weighted by molar-refractivity contribution is -0.138. The minimum Gasteiger partial charge on any atom is -0.454 e. The third-order valence-corrected chi connectivity index (χ3v) is 4.79. The van der Waals surface area contributed by atoms with Gasteiger partial charge in [-0.1, -0.05) is 23.7 Å². The molecule has 2 aromatic carbocycles. The van der Waals surface area contributed by atoms with E-state index in [-0.39, 0.29) is 18.2 Å². The van der Waals surface area contributed by atoms with Crippen molar-refractivity contribution in [2.45, 2.75) is 25.8 Å². The fourth-order valence-electron chi connectivity index (χ4n) is 2.98. The maximum absolute atomic E-state index is 13.6. The lowest BCUT2D eigenvalue weighted by Gasteiger charge is -2.18. The smallest absolute Gasteiger partial charge is 0.288 e. The highest BCUT2D eigenvalue weighted by atomic mass is 35.5. The molecule has 7 nitrogen and oxygen atoms in total. The molecule has 0 saturated heterocycles. The van der Waals surface area contributed by atoms with Crippen LogP contribution in [0.2, 0.25) is 5.02 Å². The lowest BCUT2D eigenvalue weighted by atomic mass is 10.0. The van der Waals surface area contributed by atoms with E-state index in [0.29, 0.717) is 35.9 Å². The van der Waals surface area contributed by atoms with Crippen molar-refractivity contribution in [3.05, 3.63) is 58.4 Å². The van der Waals surface area contributed by atoms with Crippen LogP contribution in [-0.2, 0) is 16.0 Å². The first-order chi connectivity index (χ1) is 14.3. The third-order valence-electron chi connectivity index (χ3n) is 4.49. The van der Waals surface area contributed by atoms with E-state index >= 15 is 0 Å². The number of ketones is 1. The molecule has 3 N–H and O–H groups in total. The van der Waals surface area contributed by atoms with Gasteiger partial charge in [0.1, 0.15) is 5.82 Å². The Hall–Kier alpha value is -3.13. The van der Waals surface area contributed by atoms with Gasteiger partial charge in [-0.25, -0.2) is 4.39 Å². The molecule has 1 aliphatic heterocycles. The molecule has 1 aliphatic rings. The third kappa shape index (κ3) is 5.48. The van der Waals surface area contributed by atoms with Crippen molar-refractivity contribution in [2.24, 2.45) is 10.7 Å². The summed E-state index contributed by atoms with van der Waals surface area (Å²) in [5.41, 5.74) is 6.68. The Morgan fingerprint density at radius 3 is 2.73 bits per heavy atom. The van der Waals surface area contributed by atoms with Crippen LogP contribution in [0.5, 0.6) is 11.5 Å². The molecule has 0 fully saturated rings. The highest BCUT2D eigenvalue weighted by Gasteiger charge is 2.23. The van der Waals surface area contributed by atoms with Crippen LogP contribution < -0.4 is 20.5 Å². The van der Waals surface area contributed by atoms with E-state index in [4.69, 9.17) is 26.8 Å². The summed E-state index contributed by atoms with van der Waals surface area (Å²) in [5.74, 6) is -0.515. The zero-order valence-electron chi connectivity index (χ0n) is 16.3. The molecule has 0 bridgehead atoms. The summed E-state index contributed by atoms with van der Waals surface area (Å²) in [6.07, 6.45) is 0.177. The molecular weight excluding hydrogens is 413 g/mol. The van der Waals surface area contributed by atoms with E-state index in [1.54, 1.807) is 25.1 Å². The Morgan fingerprint density at radius 2 is 2.00 bits per heavy atom. The first-order valence-corrected chi connectivity index (χ1v) is 9.65. The van der Waals surface area contributed by atoms with E-state index in [0.717, 1.165) is 11.6 Å². The van der Waals surface area contributed by atoms with Crippen LogP contribution in [0.1, 0.15) is 30.5 Å². The molecule has 9 heteroatoms. The highest BCUT2D eigenvalue weighted by Crippen LogP contribution is 2.34. The average Bonchev–Trinajstić information content (AvgIpc) is 3.17. The molecular formula is C21H21ClFN3O4. The van der Waals surface area contributed by atoms with Crippen LogP contribution in [0, 0.1) is 5.82 Å². The second kappa shape index (κ2) is 9.58. The highest BCUT2D eigenvalue weighted by molar-refractivity contribution is 6.36. The minimum atomic E-state index is -0.776. The number of fused-ring (bicyclic) bond motifs is 1. The fourth-order valence-corrected chi connectivity index (χ4v) is 3.09. The number of Topliss-reactive ketones (excluding diaryl/α,β-unsaturated/α-hetero) is 1. The Balaban J connectivity index is 1.72. The van der Waals surface area contributed by atoms with Gasteiger partial charge in [-0.15, -0.1) is 0 Å². The van der Waals surface area contributed by atoms with E-state index < -0.39 is 23.5 Å². The molecule has 30 heavy (non-hydrogen) atoms. The minimum absolute atomic E-state index is 0.0470. The second-order valence-electron chi connectivity index (χ2n) is 6.80. The van der Waals surface area contributed by atoms with Gasteiger partial charge in [0.25, 0.3) is 5.91 Å². The Morgan fingerprint density at radius 1 is 1.23 bits per heavy atom. The molecule has 0 aromatic heterocycles. The van der Waals surface area contributed by atoms with E-state index in [2.05, 4.69) is 10.3 Å². The first-order valence-electron chi connectivity index (χ1n) is 9.27. The number of hydrogen-bond donors (Lipinski definition) is 2. The molecule has 0 radical (unpaired) electrons. The summed E-state index contributed by atoms with van der Waals surface area (Å²) in [7, 11) is 0. The number of halogens is 2. The molecule has 0 saturated carbocycles. The topological polar surface area (TPSA) is 103 Å². The first kappa shape index (κ1) is 21.6. The van der Waals surface area contributed by atoms with Crippen molar-refractivity contribution in [1.29, 1.82) is 0 Å². The van der Waals surface area contributed by atoms with Gasteiger partial charge >= 0.3 is 0 Å². The summed E-state index contributed by atoms with van der Waals surface area (Å²) in [5, 5.41) is 2.68. The van der Waals surface area contributed by atoms with Crippen LogP contribution in [0.15, 0.2) is 41.4 Å². The van der Waals surface area contributed by atoms with Crippen molar-refractivity contribution in [3.8, 4) is 11.5 Å². The van der Waals surface area contributed by atoms with Gasteiger partial charge in [-0.3, -0.25) is 14.6 Å². The zero-order valence-corrected chi connectivity index (χ0v) is 17.0.